The molecule has 4 aromatic rings. The number of nitrogens with one attached hydrogen (secondary N) is 2. The molecule has 0 atom stereocenters. The number of methoxy groups -OCH3 is 1. The number of pyridine rings is 1. The summed E-state index contributed by atoms with van der Waals surface area (Å²) in [5.41, 5.74) is 3.80. The zero-order chi connectivity index (χ0) is 25.6. The zero-order valence-corrected chi connectivity index (χ0v) is 20.8. The van der Waals surface area contributed by atoms with Crippen molar-refractivity contribution >= 4 is 34.0 Å². The third kappa shape index (κ3) is 5.95. The highest BCUT2D eigenvalue weighted by atomic mass is 16.5. The van der Waals surface area contributed by atoms with Crippen LogP contribution in [0.3, 0.4) is 0 Å². The van der Waals surface area contributed by atoms with Crippen LogP contribution in [-0.2, 0) is 11.3 Å². The van der Waals surface area contributed by atoms with E-state index >= 15 is 0 Å². The average Bonchev–Trinajstić information content (AvgIpc) is 2.94. The van der Waals surface area contributed by atoms with Crippen LogP contribution in [0.1, 0.15) is 39.1 Å². The third-order valence-corrected chi connectivity index (χ3v) is 6.76. The summed E-state index contributed by atoms with van der Waals surface area (Å²) in [6.45, 7) is 2.83. The first kappa shape index (κ1) is 24.5. The van der Waals surface area contributed by atoms with Gasteiger partial charge in [0.1, 0.15) is 0 Å². The molecule has 1 amide bonds. The Hall–Kier alpha value is -4.23. The van der Waals surface area contributed by atoms with Crippen molar-refractivity contribution in [3.8, 4) is 0 Å². The Morgan fingerprint density at radius 2 is 1.76 bits per heavy atom. The highest BCUT2D eigenvalue weighted by Crippen LogP contribution is 2.25. The molecule has 188 valence electrons. The summed E-state index contributed by atoms with van der Waals surface area (Å²) in [7, 11) is 1.32. The molecule has 0 bridgehead atoms. The number of carbonyl (C=O) groups is 2. The van der Waals surface area contributed by atoms with Crippen LogP contribution in [0.15, 0.2) is 85.2 Å². The molecular weight excluding hydrogens is 464 g/mol. The summed E-state index contributed by atoms with van der Waals surface area (Å²) in [6, 6.07) is 23.2. The summed E-state index contributed by atoms with van der Waals surface area (Å²) in [6.07, 6.45) is 5.87. The van der Waals surface area contributed by atoms with Gasteiger partial charge in [-0.25, -0.2) is 4.79 Å². The number of anilines is 2. The number of nitrogens with zero attached hydrogens (tertiary/aromatic N) is 2. The number of aromatic nitrogens is 1. The van der Waals surface area contributed by atoms with Crippen molar-refractivity contribution in [2.24, 2.45) is 0 Å². The van der Waals surface area contributed by atoms with Gasteiger partial charge in [-0.2, -0.15) is 0 Å². The van der Waals surface area contributed by atoms with Gasteiger partial charge in [0.25, 0.3) is 5.91 Å². The van der Waals surface area contributed by atoms with Gasteiger partial charge in [-0.05, 0) is 60.9 Å². The first-order valence-electron chi connectivity index (χ1n) is 12.5. The van der Waals surface area contributed by atoms with Crippen LogP contribution in [0.25, 0.3) is 10.8 Å². The van der Waals surface area contributed by atoms with Crippen molar-refractivity contribution in [1.29, 1.82) is 0 Å². The second kappa shape index (κ2) is 11.2. The van der Waals surface area contributed by atoms with Gasteiger partial charge in [0.15, 0.2) is 0 Å². The van der Waals surface area contributed by atoms with Crippen molar-refractivity contribution in [1.82, 2.24) is 9.88 Å². The molecule has 0 saturated carbocycles. The molecule has 1 saturated heterocycles. The molecule has 37 heavy (non-hydrogen) atoms. The Kier molecular flexibility index (Phi) is 7.42. The first-order valence-corrected chi connectivity index (χ1v) is 12.5. The van der Waals surface area contributed by atoms with Crippen LogP contribution in [0.4, 0.5) is 11.4 Å². The number of fused-ring (bicyclic) bond motifs is 1. The molecule has 1 aliphatic heterocycles. The number of esters is 1. The van der Waals surface area contributed by atoms with E-state index in [4.69, 9.17) is 4.74 Å². The minimum atomic E-state index is -0.468. The fourth-order valence-electron chi connectivity index (χ4n) is 4.82. The van der Waals surface area contributed by atoms with Gasteiger partial charge < -0.3 is 15.4 Å². The normalized spacial score (nSPS) is 14.3. The van der Waals surface area contributed by atoms with E-state index in [-0.39, 0.29) is 5.91 Å². The van der Waals surface area contributed by atoms with Gasteiger partial charge in [0.05, 0.1) is 12.7 Å². The molecule has 0 aliphatic carbocycles. The molecule has 2 N–H and O–H groups in total. The standard InChI is InChI=1S/C30H30N4O3/c1-37-30(36)23-7-3-6-22(18-23)29(35)33-26-9-2-5-21(17-26)20-34-15-12-25(13-16-34)32-28-10-4-8-24-19-31-14-11-27(24)28/h2-11,14,17-19,25,32H,12-13,15-16,20H2,1H3,(H,33,35). The summed E-state index contributed by atoms with van der Waals surface area (Å²) < 4.78 is 4.75. The molecule has 0 unspecified atom stereocenters. The highest BCUT2D eigenvalue weighted by Gasteiger charge is 2.20. The number of carbonyl (C=O) groups excluding carboxylic acids is 2. The van der Waals surface area contributed by atoms with Crippen LogP contribution < -0.4 is 10.6 Å². The highest BCUT2D eigenvalue weighted by molar-refractivity contribution is 6.05. The molecule has 5 rings (SSSR count). The minimum absolute atomic E-state index is 0.265. The monoisotopic (exact) mass is 494 g/mol. The van der Waals surface area contributed by atoms with E-state index in [9.17, 15) is 9.59 Å². The Balaban J connectivity index is 1.16. The van der Waals surface area contributed by atoms with Crippen LogP contribution in [0.5, 0.6) is 0 Å². The number of benzene rings is 3. The van der Waals surface area contributed by atoms with Gasteiger partial charge in [-0.3, -0.25) is 14.7 Å². The minimum Gasteiger partial charge on any atom is -0.465 e. The molecule has 0 spiro atoms. The van der Waals surface area contributed by atoms with Crippen molar-refractivity contribution in [3.05, 3.63) is 102 Å². The molecule has 3 aromatic carbocycles. The van der Waals surface area contributed by atoms with Gasteiger partial charge in [-0.15, -0.1) is 0 Å². The maximum Gasteiger partial charge on any atom is 0.337 e. The van der Waals surface area contributed by atoms with E-state index in [1.165, 1.54) is 18.2 Å². The lowest BCUT2D eigenvalue weighted by molar-refractivity contribution is 0.0600. The van der Waals surface area contributed by atoms with E-state index < -0.39 is 5.97 Å². The second-order valence-electron chi connectivity index (χ2n) is 9.32. The zero-order valence-electron chi connectivity index (χ0n) is 20.8. The number of amides is 1. The number of likely N-dealkylation sites (tertiary alicyclic amines) is 1. The Morgan fingerprint density at radius 3 is 2.59 bits per heavy atom. The number of hydrogen-bond acceptors (Lipinski definition) is 6. The average molecular weight is 495 g/mol. The fourth-order valence-corrected chi connectivity index (χ4v) is 4.82. The molecule has 2 heterocycles. The molecule has 1 aliphatic rings. The lowest BCUT2D eigenvalue weighted by atomic mass is 10.0. The Bertz CT molecular complexity index is 1410. The van der Waals surface area contributed by atoms with Gasteiger partial charge in [-0.1, -0.05) is 30.3 Å². The molecule has 0 radical (unpaired) electrons. The van der Waals surface area contributed by atoms with E-state index in [0.29, 0.717) is 17.2 Å². The summed E-state index contributed by atoms with van der Waals surface area (Å²) in [4.78, 5) is 31.2. The lowest BCUT2D eigenvalue weighted by Crippen LogP contribution is -2.38. The second-order valence-corrected chi connectivity index (χ2v) is 9.32. The fraction of sp³-hybridized carbons (Fsp3) is 0.233. The largest absolute Gasteiger partial charge is 0.465 e. The van der Waals surface area contributed by atoms with Crippen LogP contribution in [-0.4, -0.2) is 48.0 Å². The predicted octanol–water partition coefficient (Wildman–Crippen LogP) is 5.35. The smallest absolute Gasteiger partial charge is 0.337 e. The lowest BCUT2D eigenvalue weighted by Gasteiger charge is -2.33. The summed E-state index contributed by atoms with van der Waals surface area (Å²) in [5, 5.41) is 9.03. The van der Waals surface area contributed by atoms with E-state index in [1.54, 1.807) is 24.3 Å². The van der Waals surface area contributed by atoms with Crippen molar-refractivity contribution in [2.45, 2.75) is 25.4 Å². The number of hydrogen-bond donors (Lipinski definition) is 2. The van der Waals surface area contributed by atoms with Gasteiger partial charge in [0, 0.05) is 65.8 Å². The summed E-state index contributed by atoms with van der Waals surface area (Å²) >= 11 is 0. The van der Waals surface area contributed by atoms with E-state index in [1.807, 2.05) is 30.6 Å². The first-order chi connectivity index (χ1) is 18.1. The van der Waals surface area contributed by atoms with Crippen LogP contribution >= 0.6 is 0 Å². The molecule has 7 nitrogen and oxygen atoms in total. The SMILES string of the molecule is COC(=O)c1cccc(C(=O)Nc2cccc(CN3CCC(Nc4cccc5cnccc45)CC3)c2)c1. The maximum absolute atomic E-state index is 12.8. The number of rotatable bonds is 7. The third-order valence-electron chi connectivity index (χ3n) is 6.76. The van der Waals surface area contributed by atoms with E-state index in [0.717, 1.165) is 49.1 Å². The van der Waals surface area contributed by atoms with Gasteiger partial charge >= 0.3 is 5.97 Å². The number of piperidine rings is 1. The molecular formula is C30H30N4O3. The van der Waals surface area contributed by atoms with Crippen molar-refractivity contribution < 1.29 is 14.3 Å². The number of ether oxygens (including phenoxy) is 1. The summed E-state index contributed by atoms with van der Waals surface area (Å²) in [5.74, 6) is -0.732. The topological polar surface area (TPSA) is 83.6 Å². The van der Waals surface area contributed by atoms with Crippen LogP contribution in [0.2, 0.25) is 0 Å². The van der Waals surface area contributed by atoms with Crippen LogP contribution in [0, 0.1) is 0 Å². The molecule has 1 aromatic heterocycles. The Morgan fingerprint density at radius 1 is 0.973 bits per heavy atom. The predicted molar refractivity (Wildman–Crippen MR) is 146 cm³/mol. The molecule has 7 heteroatoms. The molecule has 1 fully saturated rings. The quantitative estimate of drug-likeness (QED) is 0.337. The van der Waals surface area contributed by atoms with E-state index in [2.05, 4.69) is 50.8 Å². The van der Waals surface area contributed by atoms with Gasteiger partial charge in [0.2, 0.25) is 0 Å². The maximum atomic E-state index is 12.8. The van der Waals surface area contributed by atoms with Crippen molar-refractivity contribution in [2.75, 3.05) is 30.8 Å². The van der Waals surface area contributed by atoms with Crippen molar-refractivity contribution in [3.63, 3.8) is 0 Å². The Labute approximate surface area is 216 Å².